The molecule has 2 aromatic rings. The predicted molar refractivity (Wildman–Crippen MR) is 98.7 cm³/mol. The molecule has 0 spiro atoms. The van der Waals surface area contributed by atoms with Crippen LogP contribution in [0.2, 0.25) is 0 Å². The molecule has 2 heterocycles. The molecule has 0 radical (unpaired) electrons. The molecular weight excluding hydrogens is 389 g/mol. The van der Waals surface area contributed by atoms with Gasteiger partial charge in [0.2, 0.25) is 0 Å². The Bertz CT molecular complexity index is 906. The second kappa shape index (κ2) is 8.64. The van der Waals surface area contributed by atoms with Crippen LogP contribution in [0.5, 0.6) is 6.01 Å². The molecule has 1 aromatic carbocycles. The van der Waals surface area contributed by atoms with Crippen LogP contribution in [0, 0.1) is 0 Å². The van der Waals surface area contributed by atoms with E-state index in [1.165, 1.54) is 12.1 Å². The second-order valence-corrected chi connectivity index (χ2v) is 6.84. The molecular formula is C19H21F3N4O3. The minimum atomic E-state index is -4.43. The van der Waals surface area contributed by atoms with Crippen LogP contribution in [-0.2, 0) is 6.18 Å². The third kappa shape index (κ3) is 5.57. The molecule has 2 atom stereocenters. The summed E-state index contributed by atoms with van der Waals surface area (Å²) in [6.07, 6.45) is -2.85. The highest BCUT2D eigenvalue weighted by atomic mass is 19.4. The minimum Gasteiger partial charge on any atom is -0.460 e. The summed E-state index contributed by atoms with van der Waals surface area (Å²) >= 11 is 0. The van der Waals surface area contributed by atoms with E-state index in [0.29, 0.717) is 12.1 Å². The van der Waals surface area contributed by atoms with Crippen molar-refractivity contribution >= 4 is 5.91 Å². The number of ether oxygens (including phenoxy) is 1. The zero-order valence-electron chi connectivity index (χ0n) is 15.7. The van der Waals surface area contributed by atoms with E-state index >= 15 is 0 Å². The van der Waals surface area contributed by atoms with Gasteiger partial charge in [0.15, 0.2) is 0 Å². The Labute approximate surface area is 164 Å². The van der Waals surface area contributed by atoms with E-state index in [4.69, 9.17) is 4.74 Å². The largest absolute Gasteiger partial charge is 0.460 e. The van der Waals surface area contributed by atoms with Gasteiger partial charge in [0.1, 0.15) is 11.8 Å². The van der Waals surface area contributed by atoms with Gasteiger partial charge in [-0.3, -0.25) is 14.6 Å². The summed E-state index contributed by atoms with van der Waals surface area (Å²) in [5.74, 6) is -0.630. The quantitative estimate of drug-likeness (QED) is 0.704. The molecule has 1 fully saturated rings. The van der Waals surface area contributed by atoms with Crippen molar-refractivity contribution in [3.63, 3.8) is 0 Å². The van der Waals surface area contributed by atoms with Gasteiger partial charge in [0.05, 0.1) is 11.6 Å². The standard InChI is InChI=1S/C19H21F3N4O3/c1-11(12-4-6-13(7-5-12)19(20,21)22)24-17(28)15-9-16(27)26-18(25-15)29-14-3-2-8-23-10-14/h4-7,9,11,14,23H,2-3,8,10H2,1H3,(H,24,28)(H,25,26,27). The normalized spacial score (nSPS) is 18.1. The van der Waals surface area contributed by atoms with Crippen molar-refractivity contribution < 1.29 is 22.7 Å². The zero-order chi connectivity index (χ0) is 21.0. The number of hydrogen-bond acceptors (Lipinski definition) is 5. The Hall–Kier alpha value is -2.88. The summed E-state index contributed by atoms with van der Waals surface area (Å²) in [5.41, 5.74) is -0.951. The Morgan fingerprint density at radius 3 is 2.66 bits per heavy atom. The van der Waals surface area contributed by atoms with E-state index in [2.05, 4.69) is 20.6 Å². The molecule has 1 amide bonds. The van der Waals surface area contributed by atoms with Gasteiger partial charge in [-0.15, -0.1) is 0 Å². The first-order chi connectivity index (χ1) is 13.7. The van der Waals surface area contributed by atoms with Crippen LogP contribution in [-0.4, -0.2) is 35.1 Å². The third-order valence-electron chi connectivity index (χ3n) is 4.57. The third-order valence-corrected chi connectivity index (χ3v) is 4.57. The fourth-order valence-electron chi connectivity index (χ4n) is 3.00. The molecule has 7 nitrogen and oxygen atoms in total. The number of alkyl halides is 3. The van der Waals surface area contributed by atoms with Crippen molar-refractivity contribution in [1.29, 1.82) is 0 Å². The number of carbonyl (C=O) groups excluding carboxylic acids is 1. The van der Waals surface area contributed by atoms with E-state index < -0.39 is 29.2 Å². The Morgan fingerprint density at radius 2 is 2.03 bits per heavy atom. The van der Waals surface area contributed by atoms with Gasteiger partial charge in [0.25, 0.3) is 17.5 Å². The number of nitrogens with one attached hydrogen (secondary N) is 3. The van der Waals surface area contributed by atoms with E-state index in [1.807, 2.05) is 0 Å². The maximum atomic E-state index is 12.7. The van der Waals surface area contributed by atoms with Crippen LogP contribution < -0.4 is 20.9 Å². The summed E-state index contributed by atoms with van der Waals surface area (Å²) in [6.45, 7) is 3.14. The highest BCUT2D eigenvalue weighted by Gasteiger charge is 2.30. The van der Waals surface area contributed by atoms with Crippen molar-refractivity contribution in [1.82, 2.24) is 20.6 Å². The number of nitrogens with zero attached hydrogens (tertiary/aromatic N) is 1. The summed E-state index contributed by atoms with van der Waals surface area (Å²) < 4.78 is 43.7. The van der Waals surface area contributed by atoms with Gasteiger partial charge >= 0.3 is 6.18 Å². The summed E-state index contributed by atoms with van der Waals surface area (Å²) in [4.78, 5) is 30.9. The molecule has 0 bridgehead atoms. The highest BCUT2D eigenvalue weighted by molar-refractivity contribution is 5.92. The molecule has 0 saturated carbocycles. The van der Waals surface area contributed by atoms with Gasteiger partial charge in [-0.25, -0.2) is 0 Å². The molecule has 0 aliphatic carbocycles. The fourth-order valence-corrected chi connectivity index (χ4v) is 3.00. The first kappa shape index (κ1) is 20.8. The van der Waals surface area contributed by atoms with Crippen LogP contribution in [0.25, 0.3) is 0 Å². The van der Waals surface area contributed by atoms with E-state index in [0.717, 1.165) is 37.6 Å². The summed E-state index contributed by atoms with van der Waals surface area (Å²) in [5, 5.41) is 5.80. The number of benzene rings is 1. The maximum absolute atomic E-state index is 12.7. The molecule has 2 unspecified atom stereocenters. The summed E-state index contributed by atoms with van der Waals surface area (Å²) in [7, 11) is 0. The Morgan fingerprint density at radius 1 is 1.31 bits per heavy atom. The molecule has 1 aliphatic heterocycles. The van der Waals surface area contributed by atoms with Crippen molar-refractivity contribution in [2.24, 2.45) is 0 Å². The van der Waals surface area contributed by atoms with Gasteiger partial charge < -0.3 is 15.4 Å². The SMILES string of the molecule is CC(NC(=O)c1cc(=O)[nH]c(OC2CCCNC2)n1)c1ccc(C(F)(F)F)cc1. The summed E-state index contributed by atoms with van der Waals surface area (Å²) in [6, 6.07) is 4.91. The van der Waals surface area contributed by atoms with Crippen LogP contribution in [0.1, 0.15) is 47.4 Å². The molecule has 1 aliphatic rings. The molecule has 29 heavy (non-hydrogen) atoms. The number of rotatable bonds is 5. The second-order valence-electron chi connectivity index (χ2n) is 6.84. The fraction of sp³-hybridized carbons (Fsp3) is 0.421. The van der Waals surface area contributed by atoms with E-state index in [9.17, 15) is 22.8 Å². The van der Waals surface area contributed by atoms with Gasteiger partial charge in [-0.05, 0) is 44.0 Å². The van der Waals surface area contributed by atoms with Crippen molar-refractivity contribution in [2.45, 2.75) is 38.1 Å². The molecule has 3 N–H and O–H groups in total. The zero-order valence-corrected chi connectivity index (χ0v) is 15.7. The lowest BCUT2D eigenvalue weighted by atomic mass is 10.1. The molecule has 156 valence electrons. The first-order valence-corrected chi connectivity index (χ1v) is 9.19. The van der Waals surface area contributed by atoms with Crippen molar-refractivity contribution in [3.8, 4) is 6.01 Å². The number of aromatic amines is 1. The van der Waals surface area contributed by atoms with Crippen molar-refractivity contribution in [2.75, 3.05) is 13.1 Å². The number of H-pyrrole nitrogens is 1. The lowest BCUT2D eigenvalue weighted by Crippen LogP contribution is -2.38. The molecule has 1 saturated heterocycles. The first-order valence-electron chi connectivity index (χ1n) is 9.19. The number of hydrogen-bond donors (Lipinski definition) is 3. The number of halogens is 3. The van der Waals surface area contributed by atoms with Gasteiger partial charge in [0, 0.05) is 12.6 Å². The van der Waals surface area contributed by atoms with Crippen molar-refractivity contribution in [3.05, 3.63) is 57.5 Å². The van der Waals surface area contributed by atoms with Crippen LogP contribution in [0.3, 0.4) is 0 Å². The topological polar surface area (TPSA) is 96.1 Å². The minimum absolute atomic E-state index is 0.0430. The Kier molecular flexibility index (Phi) is 6.21. The Balaban J connectivity index is 1.68. The average molecular weight is 410 g/mol. The van der Waals surface area contributed by atoms with E-state index in [1.54, 1.807) is 6.92 Å². The van der Waals surface area contributed by atoms with Crippen LogP contribution in [0.15, 0.2) is 35.1 Å². The number of piperidine rings is 1. The highest BCUT2D eigenvalue weighted by Crippen LogP contribution is 2.29. The molecule has 3 rings (SSSR count). The lowest BCUT2D eigenvalue weighted by molar-refractivity contribution is -0.137. The van der Waals surface area contributed by atoms with Gasteiger partial charge in [-0.2, -0.15) is 18.2 Å². The number of carbonyl (C=O) groups is 1. The van der Waals surface area contributed by atoms with Gasteiger partial charge in [-0.1, -0.05) is 12.1 Å². The number of amides is 1. The van der Waals surface area contributed by atoms with Crippen LogP contribution in [0.4, 0.5) is 13.2 Å². The lowest BCUT2D eigenvalue weighted by Gasteiger charge is -2.23. The maximum Gasteiger partial charge on any atom is 0.416 e. The predicted octanol–water partition coefficient (Wildman–Crippen LogP) is 2.41. The number of aromatic nitrogens is 2. The monoisotopic (exact) mass is 410 g/mol. The van der Waals surface area contributed by atoms with E-state index in [-0.39, 0.29) is 17.8 Å². The van der Waals surface area contributed by atoms with Crippen LogP contribution >= 0.6 is 0 Å². The smallest absolute Gasteiger partial charge is 0.416 e. The molecule has 1 aromatic heterocycles. The average Bonchev–Trinajstić information content (AvgIpc) is 2.67. The molecule has 10 heteroatoms.